The molecule has 2 rings (SSSR count). The van der Waals surface area contributed by atoms with Crippen LogP contribution in [0.1, 0.15) is 31.1 Å². The summed E-state index contributed by atoms with van der Waals surface area (Å²) in [6, 6.07) is 0.412. The van der Waals surface area contributed by atoms with Crippen molar-refractivity contribution < 1.29 is 0 Å². The standard InChI is InChI=1S/C11H17N5/c1-8(2)16-5-4-12-11(16)13-6-10-7-14-15-9(10)3/h4-5,7-8H,6H2,1-3H3,(H,12,13)(H,14,15). The van der Waals surface area contributed by atoms with Crippen molar-refractivity contribution in [1.29, 1.82) is 0 Å². The van der Waals surface area contributed by atoms with Crippen molar-refractivity contribution in [2.75, 3.05) is 5.32 Å². The number of hydrogen-bond acceptors (Lipinski definition) is 3. The molecule has 2 aromatic heterocycles. The highest BCUT2D eigenvalue weighted by atomic mass is 15.2. The minimum Gasteiger partial charge on any atom is -0.351 e. The highest BCUT2D eigenvalue weighted by Gasteiger charge is 2.06. The summed E-state index contributed by atoms with van der Waals surface area (Å²) in [5.74, 6) is 0.899. The van der Waals surface area contributed by atoms with E-state index in [0.29, 0.717) is 6.04 Å². The largest absolute Gasteiger partial charge is 0.351 e. The molecule has 2 aromatic rings. The maximum absolute atomic E-state index is 4.29. The Morgan fingerprint density at radius 3 is 2.94 bits per heavy atom. The maximum Gasteiger partial charge on any atom is 0.203 e. The van der Waals surface area contributed by atoms with Crippen molar-refractivity contribution in [1.82, 2.24) is 19.7 Å². The minimum atomic E-state index is 0.412. The number of aromatic amines is 1. The predicted molar refractivity (Wildman–Crippen MR) is 63.3 cm³/mol. The summed E-state index contributed by atoms with van der Waals surface area (Å²) >= 11 is 0. The van der Waals surface area contributed by atoms with Gasteiger partial charge in [0.1, 0.15) is 0 Å². The summed E-state index contributed by atoms with van der Waals surface area (Å²) in [4.78, 5) is 4.29. The summed E-state index contributed by atoms with van der Waals surface area (Å²) in [6.45, 7) is 7.02. The first-order valence-electron chi connectivity index (χ1n) is 5.44. The lowest BCUT2D eigenvalue weighted by molar-refractivity contribution is 0.604. The van der Waals surface area contributed by atoms with Gasteiger partial charge >= 0.3 is 0 Å². The van der Waals surface area contributed by atoms with E-state index in [2.05, 4.69) is 38.9 Å². The molecule has 0 fully saturated rings. The molecule has 16 heavy (non-hydrogen) atoms. The van der Waals surface area contributed by atoms with Gasteiger partial charge < -0.3 is 9.88 Å². The van der Waals surface area contributed by atoms with Crippen LogP contribution in [0, 0.1) is 6.92 Å². The summed E-state index contributed by atoms with van der Waals surface area (Å²) in [6.07, 6.45) is 5.63. The molecule has 0 saturated heterocycles. The van der Waals surface area contributed by atoms with Gasteiger partial charge in [0.25, 0.3) is 0 Å². The Morgan fingerprint density at radius 2 is 2.31 bits per heavy atom. The van der Waals surface area contributed by atoms with Crippen LogP contribution < -0.4 is 5.32 Å². The molecule has 5 nitrogen and oxygen atoms in total. The number of H-pyrrole nitrogens is 1. The highest BCUT2D eigenvalue weighted by Crippen LogP contribution is 2.13. The molecule has 2 N–H and O–H groups in total. The SMILES string of the molecule is Cc1[nH]ncc1CNc1nccn1C(C)C. The average molecular weight is 219 g/mol. The van der Waals surface area contributed by atoms with Gasteiger partial charge in [0, 0.05) is 36.2 Å². The van der Waals surface area contributed by atoms with Gasteiger partial charge in [-0.2, -0.15) is 5.10 Å². The monoisotopic (exact) mass is 219 g/mol. The molecule has 0 aromatic carbocycles. The Labute approximate surface area is 94.9 Å². The van der Waals surface area contributed by atoms with Crippen LogP contribution in [0.2, 0.25) is 0 Å². The molecule has 0 aliphatic carbocycles. The fourth-order valence-electron chi connectivity index (χ4n) is 1.59. The number of aryl methyl sites for hydroxylation is 1. The van der Waals surface area contributed by atoms with Crippen molar-refractivity contribution in [3.8, 4) is 0 Å². The van der Waals surface area contributed by atoms with E-state index in [0.717, 1.165) is 18.2 Å². The quantitative estimate of drug-likeness (QED) is 0.828. The van der Waals surface area contributed by atoms with E-state index in [1.165, 1.54) is 5.56 Å². The lowest BCUT2D eigenvalue weighted by Crippen LogP contribution is -2.09. The molecule has 0 unspecified atom stereocenters. The molecule has 0 atom stereocenters. The molecule has 86 valence electrons. The normalized spacial score (nSPS) is 11.0. The van der Waals surface area contributed by atoms with Crippen LogP contribution >= 0.6 is 0 Å². The van der Waals surface area contributed by atoms with Crippen LogP contribution in [0.3, 0.4) is 0 Å². The fraction of sp³-hybridized carbons (Fsp3) is 0.455. The van der Waals surface area contributed by atoms with E-state index in [-0.39, 0.29) is 0 Å². The van der Waals surface area contributed by atoms with Gasteiger partial charge in [-0.05, 0) is 20.8 Å². The molecule has 2 heterocycles. The lowest BCUT2D eigenvalue weighted by atomic mass is 10.3. The number of aromatic nitrogens is 4. The van der Waals surface area contributed by atoms with Crippen LogP contribution in [0.5, 0.6) is 0 Å². The van der Waals surface area contributed by atoms with Crippen LogP contribution in [0.25, 0.3) is 0 Å². The third-order valence-corrected chi connectivity index (χ3v) is 2.60. The topological polar surface area (TPSA) is 58.5 Å². The Balaban J connectivity index is 2.05. The molecule has 0 radical (unpaired) electrons. The summed E-state index contributed by atoms with van der Waals surface area (Å²) < 4.78 is 2.11. The molecule has 0 aliphatic rings. The summed E-state index contributed by atoms with van der Waals surface area (Å²) in [5, 5.41) is 10.2. The third-order valence-electron chi connectivity index (χ3n) is 2.60. The molecular formula is C11H17N5. The van der Waals surface area contributed by atoms with E-state index < -0.39 is 0 Å². The molecule has 0 bridgehead atoms. The second kappa shape index (κ2) is 4.38. The van der Waals surface area contributed by atoms with E-state index in [1.807, 2.05) is 25.5 Å². The molecular weight excluding hydrogens is 202 g/mol. The molecule has 0 spiro atoms. The maximum atomic E-state index is 4.29. The first-order valence-corrected chi connectivity index (χ1v) is 5.44. The van der Waals surface area contributed by atoms with Crippen LogP contribution in [-0.2, 0) is 6.54 Å². The van der Waals surface area contributed by atoms with Gasteiger partial charge in [-0.1, -0.05) is 0 Å². The number of rotatable bonds is 4. The van der Waals surface area contributed by atoms with Gasteiger partial charge in [-0.25, -0.2) is 4.98 Å². The van der Waals surface area contributed by atoms with E-state index in [1.54, 1.807) is 0 Å². The van der Waals surface area contributed by atoms with Gasteiger partial charge in [0.15, 0.2) is 0 Å². The number of anilines is 1. The van der Waals surface area contributed by atoms with E-state index in [4.69, 9.17) is 0 Å². The third kappa shape index (κ3) is 2.08. The predicted octanol–water partition coefficient (Wildman–Crippen LogP) is 2.11. The van der Waals surface area contributed by atoms with Crippen molar-refractivity contribution in [2.45, 2.75) is 33.4 Å². The number of hydrogen-bond donors (Lipinski definition) is 2. The number of imidazole rings is 1. The number of nitrogens with one attached hydrogen (secondary N) is 2. The lowest BCUT2D eigenvalue weighted by Gasteiger charge is -2.12. The van der Waals surface area contributed by atoms with Crippen LogP contribution in [0.15, 0.2) is 18.6 Å². The van der Waals surface area contributed by atoms with Crippen LogP contribution in [0.4, 0.5) is 5.95 Å². The Morgan fingerprint density at radius 1 is 1.50 bits per heavy atom. The minimum absolute atomic E-state index is 0.412. The fourth-order valence-corrected chi connectivity index (χ4v) is 1.59. The molecule has 0 saturated carbocycles. The molecule has 5 heteroatoms. The highest BCUT2D eigenvalue weighted by molar-refractivity contribution is 5.29. The second-order valence-electron chi connectivity index (χ2n) is 4.13. The van der Waals surface area contributed by atoms with Crippen LogP contribution in [-0.4, -0.2) is 19.7 Å². The second-order valence-corrected chi connectivity index (χ2v) is 4.13. The van der Waals surface area contributed by atoms with Gasteiger partial charge in [-0.3, -0.25) is 5.10 Å². The Kier molecular flexibility index (Phi) is 2.94. The van der Waals surface area contributed by atoms with Crippen molar-refractivity contribution >= 4 is 5.95 Å². The van der Waals surface area contributed by atoms with Crippen molar-refractivity contribution in [3.63, 3.8) is 0 Å². The van der Waals surface area contributed by atoms with Gasteiger partial charge in [-0.15, -0.1) is 0 Å². The summed E-state index contributed by atoms with van der Waals surface area (Å²) in [5.41, 5.74) is 2.26. The smallest absolute Gasteiger partial charge is 0.203 e. The van der Waals surface area contributed by atoms with E-state index in [9.17, 15) is 0 Å². The molecule has 0 aliphatic heterocycles. The Hall–Kier alpha value is -1.78. The molecule has 0 amide bonds. The number of nitrogens with zero attached hydrogens (tertiary/aromatic N) is 3. The Bertz CT molecular complexity index is 454. The van der Waals surface area contributed by atoms with E-state index >= 15 is 0 Å². The van der Waals surface area contributed by atoms with Crippen molar-refractivity contribution in [3.05, 3.63) is 29.8 Å². The zero-order valence-electron chi connectivity index (χ0n) is 9.86. The average Bonchev–Trinajstić information content (AvgIpc) is 2.83. The first-order chi connectivity index (χ1) is 7.68. The zero-order valence-corrected chi connectivity index (χ0v) is 9.86. The summed E-state index contributed by atoms with van der Waals surface area (Å²) in [7, 11) is 0. The first kappa shape index (κ1) is 10.7. The van der Waals surface area contributed by atoms with Gasteiger partial charge in [0.05, 0.1) is 6.20 Å². The van der Waals surface area contributed by atoms with Gasteiger partial charge in [0.2, 0.25) is 5.95 Å². The van der Waals surface area contributed by atoms with Crippen molar-refractivity contribution in [2.24, 2.45) is 0 Å². The zero-order chi connectivity index (χ0) is 11.5.